The van der Waals surface area contributed by atoms with Crippen molar-refractivity contribution in [1.29, 1.82) is 0 Å². The number of guanidine groups is 1. The van der Waals surface area contributed by atoms with Crippen molar-refractivity contribution in [3.8, 4) is 0 Å². The molecule has 2 saturated heterocycles. The largest absolute Gasteiger partial charge is 0.378 e. The molecule has 0 bridgehead atoms. The Kier molecular flexibility index (Phi) is 6.95. The van der Waals surface area contributed by atoms with Crippen LogP contribution >= 0.6 is 24.0 Å². The molecular weight excluding hydrogens is 345 g/mol. The molecule has 2 atom stereocenters. The molecule has 2 aliphatic rings. The number of nitrogens with zero attached hydrogens (tertiary/aromatic N) is 2. The van der Waals surface area contributed by atoms with Crippen LogP contribution in [0.25, 0.3) is 0 Å². The maximum absolute atomic E-state index is 5.97. The van der Waals surface area contributed by atoms with E-state index in [1.165, 1.54) is 0 Å². The Morgan fingerprint density at radius 2 is 2.11 bits per heavy atom. The highest BCUT2D eigenvalue weighted by atomic mass is 127. The van der Waals surface area contributed by atoms with Crippen LogP contribution in [-0.4, -0.2) is 56.4 Å². The molecule has 0 saturated carbocycles. The molecule has 0 amide bonds. The summed E-state index contributed by atoms with van der Waals surface area (Å²) in [4.78, 5) is 6.54. The molecule has 0 spiro atoms. The smallest absolute Gasteiger partial charge is 0.191 e. The van der Waals surface area contributed by atoms with E-state index in [1.807, 2.05) is 6.08 Å². The molecule has 0 aromatic heterocycles. The first-order valence-electron chi connectivity index (χ1n) is 6.18. The number of nitrogens with two attached hydrogens (primary N) is 1. The van der Waals surface area contributed by atoms with Gasteiger partial charge in [-0.15, -0.1) is 30.6 Å². The second kappa shape index (κ2) is 7.96. The minimum atomic E-state index is 0. The predicted molar refractivity (Wildman–Crippen MR) is 82.3 cm³/mol. The van der Waals surface area contributed by atoms with Gasteiger partial charge in [0.15, 0.2) is 5.96 Å². The van der Waals surface area contributed by atoms with Crippen LogP contribution in [0.1, 0.15) is 6.42 Å². The Hall–Kier alpha value is -0.340. The minimum Gasteiger partial charge on any atom is -0.378 e. The van der Waals surface area contributed by atoms with Gasteiger partial charge in [-0.05, 0) is 6.42 Å². The third kappa shape index (κ3) is 4.10. The molecule has 5 nitrogen and oxygen atoms in total. The van der Waals surface area contributed by atoms with Crippen molar-refractivity contribution in [2.24, 2.45) is 16.6 Å². The Bertz CT molecular complexity index is 293. The summed E-state index contributed by atoms with van der Waals surface area (Å²) in [7, 11) is 0. The SMILES string of the molecule is C=C[C@@H]1OCC[C@H]1CN=C(N)N1CCOCC1.I. The molecule has 0 aromatic carbocycles. The van der Waals surface area contributed by atoms with E-state index in [9.17, 15) is 0 Å². The van der Waals surface area contributed by atoms with Crippen molar-refractivity contribution < 1.29 is 9.47 Å². The zero-order chi connectivity index (χ0) is 12.1. The molecule has 6 heteroatoms. The highest BCUT2D eigenvalue weighted by Gasteiger charge is 2.25. The lowest BCUT2D eigenvalue weighted by atomic mass is 10.0. The van der Waals surface area contributed by atoms with Crippen LogP contribution in [0.4, 0.5) is 0 Å². The van der Waals surface area contributed by atoms with Crippen LogP contribution in [0.2, 0.25) is 0 Å². The molecule has 0 unspecified atom stereocenters. The normalized spacial score (nSPS) is 28.9. The fourth-order valence-corrected chi connectivity index (χ4v) is 2.21. The van der Waals surface area contributed by atoms with Gasteiger partial charge in [0, 0.05) is 32.2 Å². The first-order chi connectivity index (χ1) is 8.31. The molecular formula is C12H22IN3O2. The minimum absolute atomic E-state index is 0. The third-order valence-corrected chi connectivity index (χ3v) is 3.32. The van der Waals surface area contributed by atoms with Crippen LogP contribution in [0.5, 0.6) is 0 Å². The molecule has 0 radical (unpaired) electrons. The average molecular weight is 367 g/mol. The van der Waals surface area contributed by atoms with Gasteiger partial charge >= 0.3 is 0 Å². The lowest BCUT2D eigenvalue weighted by molar-refractivity contribution is 0.0673. The molecule has 2 N–H and O–H groups in total. The van der Waals surface area contributed by atoms with Crippen molar-refractivity contribution in [1.82, 2.24) is 4.90 Å². The van der Waals surface area contributed by atoms with E-state index in [0.29, 0.717) is 11.9 Å². The van der Waals surface area contributed by atoms with Gasteiger partial charge in [-0.2, -0.15) is 0 Å². The van der Waals surface area contributed by atoms with Crippen molar-refractivity contribution in [2.75, 3.05) is 39.5 Å². The van der Waals surface area contributed by atoms with Gasteiger partial charge < -0.3 is 20.1 Å². The van der Waals surface area contributed by atoms with E-state index in [4.69, 9.17) is 15.2 Å². The van der Waals surface area contributed by atoms with Gasteiger partial charge in [-0.25, -0.2) is 0 Å². The van der Waals surface area contributed by atoms with Gasteiger partial charge in [0.1, 0.15) is 0 Å². The van der Waals surface area contributed by atoms with Crippen LogP contribution < -0.4 is 5.73 Å². The first-order valence-corrected chi connectivity index (χ1v) is 6.18. The summed E-state index contributed by atoms with van der Waals surface area (Å²) < 4.78 is 10.8. The highest BCUT2D eigenvalue weighted by Crippen LogP contribution is 2.21. The van der Waals surface area contributed by atoms with E-state index >= 15 is 0 Å². The summed E-state index contributed by atoms with van der Waals surface area (Å²) in [6, 6.07) is 0. The summed E-state index contributed by atoms with van der Waals surface area (Å²) in [6.45, 7) is 8.44. The third-order valence-electron chi connectivity index (χ3n) is 3.32. The van der Waals surface area contributed by atoms with Gasteiger partial charge in [-0.1, -0.05) is 6.08 Å². The lowest BCUT2D eigenvalue weighted by Gasteiger charge is -2.27. The maximum atomic E-state index is 5.97. The fraction of sp³-hybridized carbons (Fsp3) is 0.750. The van der Waals surface area contributed by atoms with Crippen LogP contribution in [-0.2, 0) is 9.47 Å². The molecule has 0 aromatic rings. The molecule has 2 aliphatic heterocycles. The van der Waals surface area contributed by atoms with E-state index in [0.717, 1.165) is 45.9 Å². The second-order valence-electron chi connectivity index (χ2n) is 4.42. The molecule has 2 heterocycles. The van der Waals surface area contributed by atoms with Crippen molar-refractivity contribution in [2.45, 2.75) is 12.5 Å². The Morgan fingerprint density at radius 3 is 2.78 bits per heavy atom. The van der Waals surface area contributed by atoms with Gasteiger partial charge in [0.25, 0.3) is 0 Å². The first kappa shape index (κ1) is 15.7. The highest BCUT2D eigenvalue weighted by molar-refractivity contribution is 14.0. The molecule has 104 valence electrons. The Balaban J connectivity index is 0.00000162. The Morgan fingerprint density at radius 1 is 1.39 bits per heavy atom. The van der Waals surface area contributed by atoms with Crippen LogP contribution in [0, 0.1) is 5.92 Å². The van der Waals surface area contributed by atoms with Gasteiger partial charge in [0.05, 0.1) is 19.3 Å². The number of hydrogen-bond donors (Lipinski definition) is 1. The number of aliphatic imine (C=N–C) groups is 1. The molecule has 2 fully saturated rings. The standard InChI is InChI=1S/C12H21N3O2.HI/c1-2-11-10(3-6-17-11)9-14-12(13)15-4-7-16-8-5-15;/h2,10-11H,1,3-9H2,(H2,13,14);1H/t10-,11-;/m0./s1. The van der Waals surface area contributed by atoms with Crippen molar-refractivity contribution in [3.05, 3.63) is 12.7 Å². The second-order valence-corrected chi connectivity index (χ2v) is 4.42. The summed E-state index contributed by atoms with van der Waals surface area (Å²) in [6.07, 6.45) is 3.03. The lowest BCUT2D eigenvalue weighted by Crippen LogP contribution is -2.45. The molecule has 18 heavy (non-hydrogen) atoms. The fourth-order valence-electron chi connectivity index (χ4n) is 2.21. The number of halogens is 1. The summed E-state index contributed by atoms with van der Waals surface area (Å²) in [5, 5.41) is 0. The van der Waals surface area contributed by atoms with E-state index in [-0.39, 0.29) is 30.1 Å². The zero-order valence-electron chi connectivity index (χ0n) is 10.6. The monoisotopic (exact) mass is 367 g/mol. The topological polar surface area (TPSA) is 60.1 Å². The number of ether oxygens (including phenoxy) is 2. The van der Waals surface area contributed by atoms with Crippen molar-refractivity contribution >= 4 is 29.9 Å². The summed E-state index contributed by atoms with van der Waals surface area (Å²) >= 11 is 0. The average Bonchev–Trinajstić information content (AvgIpc) is 2.84. The maximum Gasteiger partial charge on any atom is 0.191 e. The number of hydrogen-bond acceptors (Lipinski definition) is 3. The number of rotatable bonds is 3. The zero-order valence-corrected chi connectivity index (χ0v) is 12.9. The van der Waals surface area contributed by atoms with Gasteiger partial charge in [-0.3, -0.25) is 4.99 Å². The van der Waals surface area contributed by atoms with E-state index < -0.39 is 0 Å². The summed E-state index contributed by atoms with van der Waals surface area (Å²) in [5.41, 5.74) is 5.97. The van der Waals surface area contributed by atoms with Crippen molar-refractivity contribution in [3.63, 3.8) is 0 Å². The predicted octanol–water partition coefficient (Wildman–Crippen LogP) is 0.842. The molecule has 0 aliphatic carbocycles. The van der Waals surface area contributed by atoms with Crippen LogP contribution in [0.15, 0.2) is 17.6 Å². The Labute approximate surface area is 125 Å². The molecule has 2 rings (SSSR count). The summed E-state index contributed by atoms with van der Waals surface area (Å²) in [5.74, 6) is 1.05. The van der Waals surface area contributed by atoms with E-state index in [2.05, 4.69) is 16.5 Å². The quantitative estimate of drug-likeness (QED) is 0.348. The van der Waals surface area contributed by atoms with Gasteiger partial charge in [0.2, 0.25) is 0 Å². The van der Waals surface area contributed by atoms with Crippen LogP contribution in [0.3, 0.4) is 0 Å². The van der Waals surface area contributed by atoms with E-state index in [1.54, 1.807) is 0 Å². The number of morpholine rings is 1.